The van der Waals surface area contributed by atoms with Crippen molar-refractivity contribution in [3.05, 3.63) is 27.7 Å². The van der Waals surface area contributed by atoms with Crippen molar-refractivity contribution >= 4 is 21.7 Å². The predicted molar refractivity (Wildman–Crippen MR) is 76.8 cm³/mol. The molecule has 2 aromatic rings. The van der Waals surface area contributed by atoms with Crippen LogP contribution in [0.25, 0.3) is 11.3 Å². The van der Waals surface area contributed by atoms with Gasteiger partial charge < -0.3 is 10.5 Å². The molecule has 4 nitrogen and oxygen atoms in total. The minimum atomic E-state index is 0.632. The number of aryl methyl sites for hydroxylation is 2. The van der Waals surface area contributed by atoms with Gasteiger partial charge in [0.2, 0.25) is 0 Å². The Labute approximate surface area is 115 Å². The molecular formula is C13H16BrN3O. The zero-order valence-electron chi connectivity index (χ0n) is 10.9. The first-order valence-electron chi connectivity index (χ1n) is 5.59. The highest BCUT2D eigenvalue weighted by atomic mass is 79.9. The molecule has 0 bridgehead atoms. The molecule has 0 aliphatic heterocycles. The van der Waals surface area contributed by atoms with Crippen LogP contribution in [0.15, 0.2) is 16.6 Å². The average molecular weight is 310 g/mol. The fraction of sp³-hybridized carbons (Fsp3) is 0.308. The molecule has 0 atom stereocenters. The van der Waals surface area contributed by atoms with E-state index in [2.05, 4.69) is 27.1 Å². The monoisotopic (exact) mass is 309 g/mol. The normalized spacial score (nSPS) is 10.7. The predicted octanol–water partition coefficient (Wildman–Crippen LogP) is 3.06. The summed E-state index contributed by atoms with van der Waals surface area (Å²) in [5, 5.41) is 4.42. The third-order valence-electron chi connectivity index (χ3n) is 3.04. The lowest BCUT2D eigenvalue weighted by Crippen LogP contribution is -1.98. The Bertz CT molecular complexity index is 585. The van der Waals surface area contributed by atoms with Crippen LogP contribution in [-0.2, 0) is 7.05 Å². The van der Waals surface area contributed by atoms with Crippen LogP contribution in [0.4, 0.5) is 5.82 Å². The zero-order valence-corrected chi connectivity index (χ0v) is 12.5. The van der Waals surface area contributed by atoms with Gasteiger partial charge in [0.25, 0.3) is 0 Å². The van der Waals surface area contributed by atoms with Crippen molar-refractivity contribution < 1.29 is 4.74 Å². The van der Waals surface area contributed by atoms with Gasteiger partial charge in [-0.15, -0.1) is 0 Å². The first-order valence-corrected chi connectivity index (χ1v) is 6.38. The Morgan fingerprint density at radius 2 is 2.00 bits per heavy atom. The number of nitrogens with zero attached hydrogens (tertiary/aromatic N) is 2. The molecule has 0 amide bonds. The first-order chi connectivity index (χ1) is 8.45. The van der Waals surface area contributed by atoms with Gasteiger partial charge in [0.15, 0.2) is 0 Å². The molecule has 2 N–H and O–H groups in total. The van der Waals surface area contributed by atoms with Gasteiger partial charge in [-0.3, -0.25) is 4.68 Å². The van der Waals surface area contributed by atoms with Crippen LogP contribution in [0.1, 0.15) is 11.1 Å². The molecule has 0 saturated heterocycles. The lowest BCUT2D eigenvalue weighted by Gasteiger charge is -2.14. The van der Waals surface area contributed by atoms with Gasteiger partial charge in [0.1, 0.15) is 11.6 Å². The summed E-state index contributed by atoms with van der Waals surface area (Å²) in [4.78, 5) is 0. The van der Waals surface area contributed by atoms with Gasteiger partial charge in [0.05, 0.1) is 12.8 Å². The van der Waals surface area contributed by atoms with Crippen molar-refractivity contribution in [3.63, 3.8) is 0 Å². The number of hydrogen-bond acceptors (Lipinski definition) is 3. The van der Waals surface area contributed by atoms with E-state index >= 15 is 0 Å². The van der Waals surface area contributed by atoms with Crippen LogP contribution in [0, 0.1) is 13.8 Å². The Morgan fingerprint density at radius 1 is 1.33 bits per heavy atom. The molecule has 0 aliphatic carbocycles. The van der Waals surface area contributed by atoms with E-state index in [0.29, 0.717) is 5.82 Å². The van der Waals surface area contributed by atoms with E-state index in [9.17, 15) is 0 Å². The topological polar surface area (TPSA) is 53.1 Å². The largest absolute Gasteiger partial charge is 0.496 e. The molecule has 0 radical (unpaired) electrons. The van der Waals surface area contributed by atoms with Gasteiger partial charge in [-0.1, -0.05) is 15.9 Å². The number of hydrogen-bond donors (Lipinski definition) is 1. The van der Waals surface area contributed by atoms with Crippen molar-refractivity contribution in [3.8, 4) is 17.0 Å². The first kappa shape index (κ1) is 13.0. The number of ether oxygens (including phenoxy) is 1. The van der Waals surface area contributed by atoms with Crippen LogP contribution in [-0.4, -0.2) is 16.9 Å². The summed E-state index contributed by atoms with van der Waals surface area (Å²) >= 11 is 3.53. The lowest BCUT2D eigenvalue weighted by atomic mass is 10.0. The third kappa shape index (κ3) is 1.99. The van der Waals surface area contributed by atoms with Gasteiger partial charge in [-0.2, -0.15) is 5.10 Å². The number of nitrogen functional groups attached to an aromatic ring is 1. The minimum absolute atomic E-state index is 0.632. The maximum Gasteiger partial charge on any atom is 0.132 e. The third-order valence-corrected chi connectivity index (χ3v) is 3.86. The van der Waals surface area contributed by atoms with E-state index in [0.717, 1.165) is 32.6 Å². The van der Waals surface area contributed by atoms with Gasteiger partial charge in [-0.05, 0) is 25.5 Å². The molecule has 1 aromatic heterocycles. The number of aromatic nitrogens is 2. The highest BCUT2D eigenvalue weighted by Gasteiger charge is 2.17. The molecule has 1 aromatic carbocycles. The van der Waals surface area contributed by atoms with E-state index in [1.807, 2.05) is 27.0 Å². The number of anilines is 1. The Balaban J connectivity index is 2.74. The Hall–Kier alpha value is -1.49. The molecule has 18 heavy (non-hydrogen) atoms. The quantitative estimate of drug-likeness (QED) is 0.927. The minimum Gasteiger partial charge on any atom is -0.496 e. The van der Waals surface area contributed by atoms with Crippen molar-refractivity contribution in [1.29, 1.82) is 0 Å². The number of methoxy groups -OCH3 is 1. The van der Waals surface area contributed by atoms with Crippen LogP contribution in [0.5, 0.6) is 5.75 Å². The van der Waals surface area contributed by atoms with E-state index in [-0.39, 0.29) is 0 Å². The van der Waals surface area contributed by atoms with Crippen molar-refractivity contribution in [1.82, 2.24) is 9.78 Å². The SMILES string of the molecule is COc1c(C)c(Br)cc(C)c1-c1cc(N)n(C)n1. The average Bonchev–Trinajstić information content (AvgIpc) is 2.63. The molecule has 0 spiro atoms. The summed E-state index contributed by atoms with van der Waals surface area (Å²) in [6.07, 6.45) is 0. The van der Waals surface area contributed by atoms with Crippen LogP contribution in [0.2, 0.25) is 0 Å². The molecule has 5 heteroatoms. The van der Waals surface area contributed by atoms with E-state index in [1.165, 1.54) is 0 Å². The van der Waals surface area contributed by atoms with Gasteiger partial charge >= 0.3 is 0 Å². The molecular weight excluding hydrogens is 294 g/mol. The van der Waals surface area contributed by atoms with Crippen molar-refractivity contribution in [2.75, 3.05) is 12.8 Å². The maximum atomic E-state index is 5.84. The Morgan fingerprint density at radius 3 is 2.50 bits per heavy atom. The number of halogens is 1. The van der Waals surface area contributed by atoms with E-state index in [4.69, 9.17) is 10.5 Å². The van der Waals surface area contributed by atoms with Crippen LogP contribution >= 0.6 is 15.9 Å². The Kier molecular flexibility index (Phi) is 3.34. The summed E-state index contributed by atoms with van der Waals surface area (Å²) in [5.74, 6) is 1.46. The fourth-order valence-corrected chi connectivity index (χ4v) is 2.55. The maximum absolute atomic E-state index is 5.84. The van der Waals surface area contributed by atoms with Gasteiger partial charge in [-0.25, -0.2) is 0 Å². The number of nitrogens with two attached hydrogens (primary N) is 1. The number of benzene rings is 1. The summed E-state index contributed by atoms with van der Waals surface area (Å²) in [7, 11) is 3.50. The highest BCUT2D eigenvalue weighted by molar-refractivity contribution is 9.10. The fourth-order valence-electron chi connectivity index (χ4n) is 2.02. The molecule has 1 heterocycles. The van der Waals surface area contributed by atoms with Crippen LogP contribution < -0.4 is 10.5 Å². The molecule has 0 aliphatic rings. The van der Waals surface area contributed by atoms with Crippen LogP contribution in [0.3, 0.4) is 0 Å². The smallest absolute Gasteiger partial charge is 0.132 e. The summed E-state index contributed by atoms with van der Waals surface area (Å²) in [6, 6.07) is 3.93. The van der Waals surface area contributed by atoms with E-state index in [1.54, 1.807) is 11.8 Å². The molecule has 0 unspecified atom stereocenters. The second-order valence-corrected chi connectivity index (χ2v) is 5.14. The standard InChI is InChI=1S/C13H16BrN3O/c1-7-5-9(14)8(2)13(18-4)12(7)10-6-11(15)17(3)16-10/h5-6H,15H2,1-4H3. The van der Waals surface area contributed by atoms with E-state index < -0.39 is 0 Å². The molecule has 96 valence electrons. The number of rotatable bonds is 2. The highest BCUT2D eigenvalue weighted by Crippen LogP contribution is 2.39. The second-order valence-electron chi connectivity index (χ2n) is 4.29. The summed E-state index contributed by atoms with van der Waals surface area (Å²) < 4.78 is 8.21. The molecule has 2 rings (SSSR count). The summed E-state index contributed by atoms with van der Waals surface area (Å²) in [6.45, 7) is 4.05. The second kappa shape index (κ2) is 4.65. The van der Waals surface area contributed by atoms with Crippen molar-refractivity contribution in [2.45, 2.75) is 13.8 Å². The van der Waals surface area contributed by atoms with Gasteiger partial charge in [0, 0.05) is 28.7 Å². The van der Waals surface area contributed by atoms with Crippen molar-refractivity contribution in [2.24, 2.45) is 7.05 Å². The summed E-state index contributed by atoms with van der Waals surface area (Å²) in [5.41, 5.74) is 9.82. The lowest BCUT2D eigenvalue weighted by molar-refractivity contribution is 0.412. The zero-order chi connectivity index (χ0) is 13.4. The molecule has 0 fully saturated rings. The molecule has 0 saturated carbocycles.